The molecule has 2 aliphatic carbocycles. The molecule has 0 bridgehead atoms. The van der Waals surface area contributed by atoms with Gasteiger partial charge in [0, 0.05) is 47.1 Å². The summed E-state index contributed by atoms with van der Waals surface area (Å²) in [5, 5.41) is 28.0. The van der Waals surface area contributed by atoms with Crippen LogP contribution in [-0.4, -0.2) is 48.5 Å². The molecular formula is C36H52N4O3. The molecule has 4 heterocycles. The lowest BCUT2D eigenvalue weighted by Gasteiger charge is -2.34. The minimum atomic E-state index is -0.0407. The van der Waals surface area contributed by atoms with E-state index < -0.39 is 0 Å². The van der Waals surface area contributed by atoms with Crippen LogP contribution in [0.15, 0.2) is 12.1 Å². The van der Waals surface area contributed by atoms with Crippen LogP contribution in [0.3, 0.4) is 0 Å². The van der Waals surface area contributed by atoms with Crippen LogP contribution in [0.1, 0.15) is 99.4 Å². The van der Waals surface area contributed by atoms with Crippen molar-refractivity contribution in [3.63, 3.8) is 0 Å². The van der Waals surface area contributed by atoms with Crippen molar-refractivity contribution in [2.45, 2.75) is 106 Å². The molecule has 5 N–H and O–H groups in total. The van der Waals surface area contributed by atoms with Crippen LogP contribution in [0.25, 0.3) is 22.1 Å². The van der Waals surface area contributed by atoms with Crippen molar-refractivity contribution in [2.75, 3.05) is 13.2 Å². The van der Waals surface area contributed by atoms with Gasteiger partial charge in [-0.2, -0.15) is 0 Å². The van der Waals surface area contributed by atoms with Crippen molar-refractivity contribution >= 4 is 22.1 Å². The Balaban J connectivity index is 0.000000171. The highest BCUT2D eigenvalue weighted by molar-refractivity contribution is 5.82. The third-order valence-corrected chi connectivity index (χ3v) is 10.1. The van der Waals surface area contributed by atoms with Crippen molar-refractivity contribution in [1.29, 1.82) is 0 Å². The molecule has 4 aromatic heterocycles. The van der Waals surface area contributed by atoms with Gasteiger partial charge in [0.25, 0.3) is 0 Å². The van der Waals surface area contributed by atoms with Gasteiger partial charge >= 0.3 is 0 Å². The zero-order valence-electron chi connectivity index (χ0n) is 27.3. The molecular weight excluding hydrogens is 536 g/mol. The smallest absolute Gasteiger partial charge is 0.0918 e. The number of nitrogens with zero attached hydrogens (tertiary/aromatic N) is 2. The molecule has 7 heteroatoms. The van der Waals surface area contributed by atoms with Gasteiger partial charge in [-0.3, -0.25) is 9.97 Å². The molecule has 0 aromatic carbocycles. The van der Waals surface area contributed by atoms with Gasteiger partial charge in [-0.25, -0.2) is 0 Å². The van der Waals surface area contributed by atoms with E-state index >= 15 is 0 Å². The summed E-state index contributed by atoms with van der Waals surface area (Å²) in [7, 11) is 0. The number of nitrogens with one attached hydrogen (secondary N) is 2. The van der Waals surface area contributed by atoms with Crippen LogP contribution in [0.2, 0.25) is 0 Å². The predicted molar refractivity (Wildman–Crippen MR) is 174 cm³/mol. The van der Waals surface area contributed by atoms with Crippen LogP contribution in [0.5, 0.6) is 0 Å². The number of hydrogen-bond donors (Lipinski definition) is 5. The Labute approximate surface area is 256 Å². The molecule has 234 valence electrons. The fraction of sp³-hybridized carbons (Fsp3) is 0.611. The fourth-order valence-corrected chi connectivity index (χ4v) is 7.23. The van der Waals surface area contributed by atoms with E-state index in [1.807, 2.05) is 0 Å². The second-order valence-corrected chi connectivity index (χ2v) is 15.0. The second kappa shape index (κ2) is 12.3. The normalized spacial score (nSPS) is 18.8. The molecule has 4 aromatic rings. The Morgan fingerprint density at radius 1 is 0.721 bits per heavy atom. The third-order valence-electron chi connectivity index (χ3n) is 10.1. The van der Waals surface area contributed by atoms with E-state index in [0.29, 0.717) is 29.6 Å². The number of pyridine rings is 2. The van der Waals surface area contributed by atoms with Gasteiger partial charge in [-0.05, 0) is 104 Å². The zero-order valence-corrected chi connectivity index (χ0v) is 27.3. The van der Waals surface area contributed by atoms with Crippen LogP contribution in [0, 0.1) is 29.6 Å². The summed E-state index contributed by atoms with van der Waals surface area (Å²) in [4.78, 5) is 16.5. The van der Waals surface area contributed by atoms with Crippen molar-refractivity contribution in [1.82, 2.24) is 19.9 Å². The molecule has 0 radical (unpaired) electrons. The Morgan fingerprint density at radius 3 is 1.65 bits per heavy atom. The Hall–Kier alpha value is -2.74. The summed E-state index contributed by atoms with van der Waals surface area (Å²) in [5.41, 5.74) is 14.0. The molecule has 2 unspecified atom stereocenters. The summed E-state index contributed by atoms with van der Waals surface area (Å²) in [6.07, 6.45) is 7.94. The topological polar surface area (TPSA) is 118 Å². The van der Waals surface area contributed by atoms with Crippen LogP contribution >= 0.6 is 0 Å². The maximum atomic E-state index is 9.52. The molecule has 7 nitrogen and oxygen atoms in total. The van der Waals surface area contributed by atoms with Crippen molar-refractivity contribution in [2.24, 2.45) is 22.7 Å². The van der Waals surface area contributed by atoms with Crippen LogP contribution in [-0.2, 0) is 45.1 Å². The number of rotatable bonds is 5. The summed E-state index contributed by atoms with van der Waals surface area (Å²) in [6, 6.07) is 4.50. The molecule has 43 heavy (non-hydrogen) atoms. The molecule has 0 fully saturated rings. The number of aryl methyl sites for hydroxylation is 3. The lowest BCUT2D eigenvalue weighted by Crippen LogP contribution is -2.27. The minimum Gasteiger partial charge on any atom is -0.396 e. The highest BCUT2D eigenvalue weighted by Crippen LogP contribution is 2.39. The summed E-state index contributed by atoms with van der Waals surface area (Å²) < 4.78 is 0. The molecule has 0 spiro atoms. The van der Waals surface area contributed by atoms with E-state index in [9.17, 15) is 15.3 Å². The molecule has 0 amide bonds. The summed E-state index contributed by atoms with van der Waals surface area (Å²) in [5.74, 6) is 1.42. The van der Waals surface area contributed by atoms with Gasteiger partial charge in [-0.1, -0.05) is 41.5 Å². The maximum Gasteiger partial charge on any atom is 0.0918 e. The van der Waals surface area contributed by atoms with Crippen molar-refractivity contribution in [3.8, 4) is 0 Å². The van der Waals surface area contributed by atoms with Gasteiger partial charge in [0.2, 0.25) is 0 Å². The van der Waals surface area contributed by atoms with Gasteiger partial charge in [0.05, 0.1) is 28.7 Å². The lowest BCUT2D eigenvalue weighted by molar-refractivity contribution is 0.215. The SMILES string of the molecule is CC(C)(C)C1CCc2nc3c(CCO)c(CO)[nH]c3cc2C1.Cc1[nH]c2cc3c(nc2c1CCO)CCC(C(C)(C)C)C3. The zero-order chi connectivity index (χ0) is 31.1. The average molecular weight is 589 g/mol. The summed E-state index contributed by atoms with van der Waals surface area (Å²) >= 11 is 0. The van der Waals surface area contributed by atoms with Gasteiger partial charge in [-0.15, -0.1) is 0 Å². The van der Waals surface area contributed by atoms with Crippen LogP contribution < -0.4 is 0 Å². The van der Waals surface area contributed by atoms with E-state index in [4.69, 9.17) is 9.97 Å². The standard InChI is InChI=1S/C18H26N2O2.C18H26N2O/c1-18(2,3)12-4-5-14-11(8-12)9-15-17(20-14)13(6-7-21)16(10-22)19-15;1-11-14(7-8-21)17-16(19-11)10-12-9-13(18(2,3)4)5-6-15(12)20-17/h9,12,19,21-22H,4-8,10H2,1-3H3;10,13,19,21H,5-9H2,1-4H3. The van der Waals surface area contributed by atoms with Crippen molar-refractivity contribution in [3.05, 3.63) is 57.2 Å². The summed E-state index contributed by atoms with van der Waals surface area (Å²) in [6.45, 7) is 16.2. The first-order chi connectivity index (χ1) is 20.3. The minimum absolute atomic E-state index is 0.0407. The number of aromatic amines is 2. The van der Waals surface area contributed by atoms with E-state index in [-0.39, 0.29) is 19.8 Å². The van der Waals surface area contributed by atoms with Crippen LogP contribution in [0.4, 0.5) is 0 Å². The second-order valence-electron chi connectivity index (χ2n) is 15.0. The highest BCUT2D eigenvalue weighted by Gasteiger charge is 2.31. The highest BCUT2D eigenvalue weighted by atomic mass is 16.3. The first-order valence-corrected chi connectivity index (χ1v) is 16.2. The van der Waals surface area contributed by atoms with E-state index in [1.54, 1.807) is 0 Å². The third kappa shape index (κ3) is 6.54. The Kier molecular flexibility index (Phi) is 9.09. The lowest BCUT2D eigenvalue weighted by atomic mass is 9.71. The quantitative estimate of drug-likeness (QED) is 0.188. The monoisotopic (exact) mass is 588 g/mol. The number of aromatic nitrogens is 4. The Bertz CT molecular complexity index is 1580. The molecule has 0 aliphatic heterocycles. The fourth-order valence-electron chi connectivity index (χ4n) is 7.23. The molecule has 0 saturated heterocycles. The predicted octanol–water partition coefficient (Wildman–Crippen LogP) is 6.30. The van der Waals surface area contributed by atoms with E-state index in [2.05, 4.69) is 70.6 Å². The van der Waals surface area contributed by atoms with Gasteiger partial charge in [0.1, 0.15) is 0 Å². The molecule has 2 aliphatic rings. The van der Waals surface area contributed by atoms with Crippen molar-refractivity contribution < 1.29 is 15.3 Å². The largest absolute Gasteiger partial charge is 0.396 e. The number of aliphatic hydroxyl groups is 3. The number of fused-ring (bicyclic) bond motifs is 4. The molecule has 6 rings (SSSR count). The maximum absolute atomic E-state index is 9.52. The van der Waals surface area contributed by atoms with Gasteiger partial charge in [0.15, 0.2) is 0 Å². The molecule has 2 atom stereocenters. The number of H-pyrrole nitrogens is 2. The first kappa shape index (κ1) is 31.7. The first-order valence-electron chi connectivity index (χ1n) is 16.2. The van der Waals surface area contributed by atoms with E-state index in [1.165, 1.54) is 40.9 Å². The number of aliphatic hydroxyl groups excluding tert-OH is 3. The average Bonchev–Trinajstić information content (AvgIpc) is 3.45. The number of hydrogen-bond acceptors (Lipinski definition) is 5. The van der Waals surface area contributed by atoms with Gasteiger partial charge < -0.3 is 25.3 Å². The molecule has 0 saturated carbocycles. The van der Waals surface area contributed by atoms with E-state index in [0.717, 1.165) is 70.6 Å². The Morgan fingerprint density at radius 2 is 1.19 bits per heavy atom.